The Hall–Kier alpha value is -3.37. The van der Waals surface area contributed by atoms with E-state index >= 15 is 0 Å². The van der Waals surface area contributed by atoms with Crippen molar-refractivity contribution in [2.24, 2.45) is 0 Å². The number of piperidine rings is 1. The van der Waals surface area contributed by atoms with Gasteiger partial charge in [0, 0.05) is 30.9 Å². The number of nitriles is 1. The van der Waals surface area contributed by atoms with Gasteiger partial charge in [0.15, 0.2) is 0 Å². The van der Waals surface area contributed by atoms with Crippen molar-refractivity contribution >= 4 is 17.6 Å². The summed E-state index contributed by atoms with van der Waals surface area (Å²) < 4.78 is 0. The van der Waals surface area contributed by atoms with Crippen LogP contribution in [0, 0.1) is 18.3 Å². The molecule has 3 amide bonds. The summed E-state index contributed by atoms with van der Waals surface area (Å²) in [5, 5.41) is 14.8. The van der Waals surface area contributed by atoms with Crippen LogP contribution in [0.4, 0.5) is 10.5 Å². The van der Waals surface area contributed by atoms with Crippen molar-refractivity contribution in [3.05, 3.63) is 64.7 Å². The maximum atomic E-state index is 13.1. The molecule has 1 aliphatic rings. The van der Waals surface area contributed by atoms with Crippen LogP contribution in [0.3, 0.4) is 0 Å². The molecule has 0 unspecified atom stereocenters. The van der Waals surface area contributed by atoms with E-state index in [0.29, 0.717) is 42.4 Å². The number of nitrogens with zero attached hydrogens (tertiary/aromatic N) is 3. The van der Waals surface area contributed by atoms with Crippen molar-refractivity contribution in [1.29, 1.82) is 5.26 Å². The van der Waals surface area contributed by atoms with E-state index in [2.05, 4.69) is 21.6 Å². The summed E-state index contributed by atoms with van der Waals surface area (Å²) in [6.45, 7) is 4.91. The fourth-order valence-corrected chi connectivity index (χ4v) is 4.24. The highest BCUT2D eigenvalue weighted by molar-refractivity contribution is 5.97. The van der Waals surface area contributed by atoms with Crippen molar-refractivity contribution in [3.8, 4) is 6.07 Å². The second kappa shape index (κ2) is 12.2. The van der Waals surface area contributed by atoms with Crippen LogP contribution in [-0.2, 0) is 0 Å². The number of rotatable bonds is 8. The summed E-state index contributed by atoms with van der Waals surface area (Å²) in [5.41, 5.74) is 4.05. The fraction of sp³-hybridized carbons (Fsp3) is 0.444. The summed E-state index contributed by atoms with van der Waals surface area (Å²) in [7, 11) is 4.07. The molecule has 7 nitrogen and oxygen atoms in total. The van der Waals surface area contributed by atoms with Gasteiger partial charge in [0.05, 0.1) is 11.6 Å². The number of hydrogen-bond donors (Lipinski definition) is 2. The van der Waals surface area contributed by atoms with Crippen LogP contribution in [0.25, 0.3) is 0 Å². The number of carbonyl (C=O) groups is 2. The molecule has 2 aromatic carbocycles. The molecule has 34 heavy (non-hydrogen) atoms. The van der Waals surface area contributed by atoms with E-state index in [1.165, 1.54) is 5.56 Å². The lowest BCUT2D eigenvalue weighted by Crippen LogP contribution is -2.38. The molecule has 2 N–H and O–H groups in total. The number of nitrogens with one attached hydrogen (secondary N) is 2. The summed E-state index contributed by atoms with van der Waals surface area (Å²) in [6.07, 6.45) is 3.73. The molecule has 180 valence electrons. The SMILES string of the molecule is Cc1ccc(C(=O)N2CCC(c3ccc(C#N)cc3)CC2)cc1NC(=O)NCCCCN(C)C. The van der Waals surface area contributed by atoms with Gasteiger partial charge in [-0.25, -0.2) is 4.79 Å². The molecular weight excluding hydrogens is 426 g/mol. The second-order valence-electron chi connectivity index (χ2n) is 9.22. The van der Waals surface area contributed by atoms with Gasteiger partial charge in [0.2, 0.25) is 0 Å². The number of unbranched alkanes of at least 4 members (excludes halogenated alkanes) is 1. The first-order valence-electron chi connectivity index (χ1n) is 12.0. The van der Waals surface area contributed by atoms with Crippen molar-refractivity contribution < 1.29 is 9.59 Å². The molecule has 7 heteroatoms. The average Bonchev–Trinajstić information content (AvgIpc) is 2.84. The van der Waals surface area contributed by atoms with Gasteiger partial charge in [-0.1, -0.05) is 18.2 Å². The van der Waals surface area contributed by atoms with Gasteiger partial charge in [-0.15, -0.1) is 0 Å². The monoisotopic (exact) mass is 461 g/mol. The fourth-order valence-electron chi connectivity index (χ4n) is 4.24. The third kappa shape index (κ3) is 7.06. The van der Waals surface area contributed by atoms with Gasteiger partial charge in [-0.2, -0.15) is 5.26 Å². The lowest BCUT2D eigenvalue weighted by Gasteiger charge is -2.32. The van der Waals surface area contributed by atoms with Gasteiger partial charge in [-0.3, -0.25) is 4.79 Å². The highest BCUT2D eigenvalue weighted by Gasteiger charge is 2.25. The van der Waals surface area contributed by atoms with Crippen LogP contribution in [0.15, 0.2) is 42.5 Å². The largest absolute Gasteiger partial charge is 0.339 e. The molecule has 0 aliphatic carbocycles. The Kier molecular flexibility index (Phi) is 9.06. The molecule has 2 aromatic rings. The molecule has 1 saturated heterocycles. The van der Waals surface area contributed by atoms with Crippen molar-refractivity contribution in [2.45, 2.75) is 38.5 Å². The van der Waals surface area contributed by atoms with Crippen LogP contribution in [0.1, 0.15) is 58.6 Å². The Morgan fingerprint density at radius 1 is 1.09 bits per heavy atom. The average molecular weight is 462 g/mol. The van der Waals surface area contributed by atoms with E-state index in [0.717, 1.165) is 37.8 Å². The van der Waals surface area contributed by atoms with Gasteiger partial charge >= 0.3 is 6.03 Å². The van der Waals surface area contributed by atoms with Crippen LogP contribution in [-0.4, -0.2) is 62.0 Å². The van der Waals surface area contributed by atoms with Gasteiger partial charge in [0.25, 0.3) is 5.91 Å². The molecular formula is C27H35N5O2. The van der Waals surface area contributed by atoms with Crippen LogP contribution in [0.5, 0.6) is 0 Å². The van der Waals surface area contributed by atoms with E-state index < -0.39 is 0 Å². The van der Waals surface area contributed by atoms with Crippen molar-refractivity contribution in [1.82, 2.24) is 15.1 Å². The Morgan fingerprint density at radius 2 is 1.79 bits per heavy atom. The molecule has 3 rings (SSSR count). The predicted molar refractivity (Wildman–Crippen MR) is 135 cm³/mol. The first-order chi connectivity index (χ1) is 16.4. The zero-order valence-corrected chi connectivity index (χ0v) is 20.4. The Bertz CT molecular complexity index is 1020. The molecule has 0 aromatic heterocycles. The van der Waals surface area contributed by atoms with Gasteiger partial charge in [-0.05, 0) is 94.6 Å². The molecule has 0 spiro atoms. The zero-order chi connectivity index (χ0) is 24.5. The topological polar surface area (TPSA) is 88.5 Å². The maximum absolute atomic E-state index is 13.1. The predicted octanol–water partition coefficient (Wildman–Crippen LogP) is 4.35. The van der Waals surface area contributed by atoms with Gasteiger partial charge in [0.1, 0.15) is 0 Å². The Balaban J connectivity index is 1.53. The summed E-state index contributed by atoms with van der Waals surface area (Å²) in [6, 6.07) is 15.1. The highest BCUT2D eigenvalue weighted by Crippen LogP contribution is 2.29. The molecule has 0 bridgehead atoms. The standard InChI is InChI=1S/C27H35N5O2/c1-20-6-9-24(18-25(20)30-27(34)29-14-4-5-15-31(2)3)26(33)32-16-12-23(13-17-32)22-10-7-21(19-28)8-11-22/h6-11,18,23H,4-5,12-17H2,1-3H3,(H2,29,30,34). The first kappa shape index (κ1) is 25.3. The normalized spacial score (nSPS) is 14.0. The van der Waals surface area contributed by atoms with Crippen LogP contribution >= 0.6 is 0 Å². The minimum atomic E-state index is -0.249. The highest BCUT2D eigenvalue weighted by atomic mass is 16.2. The van der Waals surface area contributed by atoms with E-state index in [4.69, 9.17) is 5.26 Å². The molecule has 1 heterocycles. The van der Waals surface area contributed by atoms with E-state index in [1.807, 2.05) is 62.3 Å². The number of carbonyl (C=O) groups excluding carboxylic acids is 2. The van der Waals surface area contributed by atoms with Crippen molar-refractivity contribution in [2.75, 3.05) is 45.6 Å². The maximum Gasteiger partial charge on any atom is 0.319 e. The zero-order valence-electron chi connectivity index (χ0n) is 20.4. The van der Waals surface area contributed by atoms with E-state index in [-0.39, 0.29) is 11.9 Å². The minimum Gasteiger partial charge on any atom is -0.339 e. The molecule has 1 aliphatic heterocycles. The number of anilines is 1. The molecule has 0 atom stereocenters. The van der Waals surface area contributed by atoms with Crippen LogP contribution < -0.4 is 10.6 Å². The third-order valence-corrected chi connectivity index (χ3v) is 6.34. The Labute approximate surface area is 202 Å². The minimum absolute atomic E-state index is 0.00887. The number of hydrogen-bond acceptors (Lipinski definition) is 4. The summed E-state index contributed by atoms with van der Waals surface area (Å²) in [5.74, 6) is 0.388. The number of aryl methyl sites for hydroxylation is 1. The van der Waals surface area contributed by atoms with E-state index in [1.54, 1.807) is 6.07 Å². The quantitative estimate of drug-likeness (QED) is 0.572. The second-order valence-corrected chi connectivity index (χ2v) is 9.22. The smallest absolute Gasteiger partial charge is 0.319 e. The summed E-state index contributed by atoms with van der Waals surface area (Å²) >= 11 is 0. The molecule has 0 radical (unpaired) electrons. The lowest BCUT2D eigenvalue weighted by atomic mass is 9.89. The lowest BCUT2D eigenvalue weighted by molar-refractivity contribution is 0.0713. The molecule has 1 fully saturated rings. The number of amides is 3. The Morgan fingerprint density at radius 3 is 2.44 bits per heavy atom. The summed E-state index contributed by atoms with van der Waals surface area (Å²) in [4.78, 5) is 29.5. The van der Waals surface area contributed by atoms with Crippen molar-refractivity contribution in [3.63, 3.8) is 0 Å². The number of urea groups is 1. The number of likely N-dealkylation sites (tertiary alicyclic amines) is 1. The third-order valence-electron chi connectivity index (χ3n) is 6.34. The van der Waals surface area contributed by atoms with Crippen LogP contribution in [0.2, 0.25) is 0 Å². The first-order valence-corrected chi connectivity index (χ1v) is 12.0. The van der Waals surface area contributed by atoms with E-state index in [9.17, 15) is 9.59 Å². The van der Waals surface area contributed by atoms with Gasteiger partial charge < -0.3 is 20.4 Å². The number of benzene rings is 2. The molecule has 0 saturated carbocycles.